The van der Waals surface area contributed by atoms with Gasteiger partial charge in [-0.1, -0.05) is 62.0 Å². The molecule has 0 saturated carbocycles. The van der Waals surface area contributed by atoms with Crippen molar-refractivity contribution in [1.82, 2.24) is 0 Å². The Morgan fingerprint density at radius 2 is 1.50 bits per heavy atom. The zero-order chi connectivity index (χ0) is 18.5. The minimum absolute atomic E-state index is 0.107. The second kappa shape index (κ2) is 7.83. The van der Waals surface area contributed by atoms with Crippen LogP contribution in [0.5, 0.6) is 0 Å². The molecular weight excluding hydrogens is 328 g/mol. The van der Waals surface area contributed by atoms with Gasteiger partial charge in [0.15, 0.2) is 0 Å². The zero-order valence-electron chi connectivity index (χ0n) is 14.6. The van der Waals surface area contributed by atoms with Crippen LogP contribution in [0.4, 0.5) is 0 Å². The van der Waals surface area contributed by atoms with E-state index in [1.54, 1.807) is 0 Å². The quantitative estimate of drug-likeness (QED) is 0.373. The predicted molar refractivity (Wildman–Crippen MR) is 102 cm³/mol. The fourth-order valence-corrected chi connectivity index (χ4v) is 2.86. The lowest BCUT2D eigenvalue weighted by Gasteiger charge is -2.14. The number of hydrogen-bond donors (Lipinski definition) is 0. The maximum atomic E-state index is 12.8. The zero-order valence-corrected chi connectivity index (χ0v) is 14.6. The lowest BCUT2D eigenvalue weighted by atomic mass is 9.97. The summed E-state index contributed by atoms with van der Waals surface area (Å²) < 4.78 is 10.5. The molecule has 0 fully saturated rings. The van der Waals surface area contributed by atoms with Crippen molar-refractivity contribution in [2.24, 2.45) is 5.92 Å². The molecule has 4 heteroatoms. The van der Waals surface area contributed by atoms with E-state index in [1.165, 1.54) is 0 Å². The van der Waals surface area contributed by atoms with E-state index in [-0.39, 0.29) is 25.1 Å². The molecule has 132 valence electrons. The highest BCUT2D eigenvalue weighted by molar-refractivity contribution is 6.16. The van der Waals surface area contributed by atoms with Crippen LogP contribution in [-0.4, -0.2) is 25.2 Å². The Balaban J connectivity index is 1.85. The molecule has 0 saturated heterocycles. The summed E-state index contributed by atoms with van der Waals surface area (Å²) in [5, 5.41) is 3.71. The van der Waals surface area contributed by atoms with Crippen molar-refractivity contribution in [3.63, 3.8) is 0 Å². The molecule has 0 spiro atoms. The highest BCUT2D eigenvalue weighted by Crippen LogP contribution is 2.29. The molecule has 0 aliphatic carbocycles. The average molecular weight is 348 g/mol. The summed E-state index contributed by atoms with van der Waals surface area (Å²) in [4.78, 5) is 23.9. The lowest BCUT2D eigenvalue weighted by molar-refractivity contribution is -0.139. The summed E-state index contributed by atoms with van der Waals surface area (Å²) in [6, 6.07) is 17.6. The molecule has 0 aromatic heterocycles. The van der Waals surface area contributed by atoms with E-state index in [0.717, 1.165) is 27.6 Å². The third kappa shape index (κ3) is 3.75. The van der Waals surface area contributed by atoms with E-state index in [0.29, 0.717) is 5.56 Å². The number of carbonyl (C=O) groups excluding carboxylic acids is 2. The number of hydrogen-bond acceptors (Lipinski definition) is 4. The van der Waals surface area contributed by atoms with E-state index in [9.17, 15) is 9.59 Å². The van der Waals surface area contributed by atoms with Gasteiger partial charge in [0.05, 0.1) is 18.8 Å². The molecule has 0 N–H and O–H groups in total. The Morgan fingerprint density at radius 3 is 2.08 bits per heavy atom. The van der Waals surface area contributed by atoms with Crippen LogP contribution in [-0.2, 0) is 14.3 Å². The standard InChI is InChI=1S/C22H20O4/c1-3-20(23)25-13-15(2)14-26-22(24)21-18-10-6-4-8-16(18)12-17-9-5-7-11-19(17)21/h3-12,15H,1,13-14H2,2H3. The molecule has 3 aromatic carbocycles. The molecule has 1 atom stereocenters. The van der Waals surface area contributed by atoms with Gasteiger partial charge in [-0.15, -0.1) is 0 Å². The van der Waals surface area contributed by atoms with Crippen LogP contribution in [0.25, 0.3) is 21.5 Å². The Labute approximate surface area is 152 Å². The minimum atomic E-state index is -0.483. The van der Waals surface area contributed by atoms with Gasteiger partial charge >= 0.3 is 11.9 Å². The molecule has 26 heavy (non-hydrogen) atoms. The highest BCUT2D eigenvalue weighted by atomic mass is 16.5. The second-order valence-electron chi connectivity index (χ2n) is 6.23. The number of esters is 2. The van der Waals surface area contributed by atoms with Gasteiger partial charge in [0.1, 0.15) is 0 Å². The smallest absolute Gasteiger partial charge is 0.339 e. The van der Waals surface area contributed by atoms with Crippen LogP contribution in [0.3, 0.4) is 0 Å². The summed E-state index contributed by atoms with van der Waals surface area (Å²) in [6.07, 6.45) is 1.11. The SMILES string of the molecule is C=CC(=O)OCC(C)COC(=O)c1c2ccccc2cc2ccccc12. The summed E-state index contributed by atoms with van der Waals surface area (Å²) >= 11 is 0. The molecule has 4 nitrogen and oxygen atoms in total. The molecule has 0 bridgehead atoms. The normalized spacial score (nSPS) is 11.9. The monoisotopic (exact) mass is 348 g/mol. The van der Waals surface area contributed by atoms with Crippen LogP contribution in [0.2, 0.25) is 0 Å². The van der Waals surface area contributed by atoms with Gasteiger partial charge < -0.3 is 9.47 Å². The first-order chi connectivity index (χ1) is 12.6. The van der Waals surface area contributed by atoms with Gasteiger partial charge in [-0.2, -0.15) is 0 Å². The fourth-order valence-electron chi connectivity index (χ4n) is 2.86. The van der Waals surface area contributed by atoms with Crippen molar-refractivity contribution in [3.8, 4) is 0 Å². The largest absolute Gasteiger partial charge is 0.462 e. The van der Waals surface area contributed by atoms with Crippen LogP contribution >= 0.6 is 0 Å². The first kappa shape index (κ1) is 17.7. The van der Waals surface area contributed by atoms with Crippen LogP contribution in [0, 0.1) is 5.92 Å². The van der Waals surface area contributed by atoms with Crippen molar-refractivity contribution in [2.75, 3.05) is 13.2 Å². The topological polar surface area (TPSA) is 52.6 Å². The predicted octanol–water partition coefficient (Wildman–Crippen LogP) is 4.52. The molecular formula is C22H20O4. The highest BCUT2D eigenvalue weighted by Gasteiger charge is 2.17. The summed E-state index contributed by atoms with van der Waals surface area (Å²) in [7, 11) is 0. The van der Waals surface area contributed by atoms with Gasteiger partial charge in [0.25, 0.3) is 0 Å². The first-order valence-electron chi connectivity index (χ1n) is 8.47. The number of rotatable bonds is 6. The molecule has 0 aliphatic heterocycles. The third-order valence-corrected chi connectivity index (χ3v) is 4.15. The van der Waals surface area contributed by atoms with Gasteiger partial charge in [0, 0.05) is 12.0 Å². The number of benzene rings is 3. The Hall–Kier alpha value is -3.14. The molecule has 3 aromatic rings. The van der Waals surface area contributed by atoms with E-state index in [1.807, 2.05) is 55.5 Å². The van der Waals surface area contributed by atoms with Gasteiger partial charge in [0.2, 0.25) is 0 Å². The number of ether oxygens (including phenoxy) is 2. The third-order valence-electron chi connectivity index (χ3n) is 4.15. The van der Waals surface area contributed by atoms with E-state index in [2.05, 4.69) is 12.6 Å². The van der Waals surface area contributed by atoms with Crippen molar-refractivity contribution in [3.05, 3.63) is 72.8 Å². The van der Waals surface area contributed by atoms with Crippen LogP contribution < -0.4 is 0 Å². The number of carbonyl (C=O) groups is 2. The van der Waals surface area contributed by atoms with E-state index >= 15 is 0 Å². The molecule has 3 rings (SSSR count). The maximum absolute atomic E-state index is 12.8. The Kier molecular flexibility index (Phi) is 5.32. The molecule has 0 radical (unpaired) electrons. The summed E-state index contributed by atoms with van der Waals surface area (Å²) in [5.41, 5.74) is 0.564. The first-order valence-corrected chi connectivity index (χ1v) is 8.47. The van der Waals surface area contributed by atoms with Crippen LogP contribution in [0.15, 0.2) is 67.3 Å². The molecule has 0 aliphatic rings. The van der Waals surface area contributed by atoms with Gasteiger partial charge in [-0.3, -0.25) is 0 Å². The molecule has 0 amide bonds. The fraction of sp³-hybridized carbons (Fsp3) is 0.182. The van der Waals surface area contributed by atoms with Gasteiger partial charge in [-0.05, 0) is 27.6 Å². The van der Waals surface area contributed by atoms with E-state index in [4.69, 9.17) is 9.47 Å². The summed E-state index contributed by atoms with van der Waals surface area (Å²) in [5.74, 6) is -0.966. The molecule has 0 heterocycles. The summed E-state index contributed by atoms with van der Waals surface area (Å²) in [6.45, 7) is 5.54. The van der Waals surface area contributed by atoms with Crippen molar-refractivity contribution >= 4 is 33.5 Å². The lowest BCUT2D eigenvalue weighted by Crippen LogP contribution is -2.18. The average Bonchev–Trinajstić information content (AvgIpc) is 2.68. The van der Waals surface area contributed by atoms with E-state index < -0.39 is 5.97 Å². The Bertz CT molecular complexity index is 920. The van der Waals surface area contributed by atoms with Crippen LogP contribution in [0.1, 0.15) is 17.3 Å². The minimum Gasteiger partial charge on any atom is -0.462 e. The van der Waals surface area contributed by atoms with Crippen molar-refractivity contribution in [2.45, 2.75) is 6.92 Å². The van der Waals surface area contributed by atoms with Crippen molar-refractivity contribution < 1.29 is 19.1 Å². The maximum Gasteiger partial charge on any atom is 0.339 e. The molecule has 1 unspecified atom stereocenters. The van der Waals surface area contributed by atoms with Crippen molar-refractivity contribution in [1.29, 1.82) is 0 Å². The number of fused-ring (bicyclic) bond motifs is 2. The van der Waals surface area contributed by atoms with Gasteiger partial charge in [-0.25, -0.2) is 9.59 Å². The second-order valence-corrected chi connectivity index (χ2v) is 6.23. The Morgan fingerprint density at radius 1 is 0.962 bits per heavy atom.